The molecule has 0 atom stereocenters. The van der Waals surface area contributed by atoms with Gasteiger partial charge in [0.25, 0.3) is 5.91 Å². The van der Waals surface area contributed by atoms with Crippen molar-refractivity contribution < 1.29 is 4.79 Å². The number of nitrogens with one attached hydrogen (secondary N) is 1. The van der Waals surface area contributed by atoms with Crippen LogP contribution in [0.3, 0.4) is 0 Å². The highest BCUT2D eigenvalue weighted by atomic mass is 35.5. The zero-order valence-electron chi connectivity index (χ0n) is 10.1. The molecule has 0 aliphatic heterocycles. The summed E-state index contributed by atoms with van der Waals surface area (Å²) in [5.74, 6) is 6.50. The summed E-state index contributed by atoms with van der Waals surface area (Å²) in [6.45, 7) is 0. The Bertz CT molecular complexity index is 571. The molecule has 0 unspecified atom stereocenters. The van der Waals surface area contributed by atoms with Crippen molar-refractivity contribution in [3.8, 4) is 0 Å². The summed E-state index contributed by atoms with van der Waals surface area (Å²) in [5, 5.41) is 2.68. The molecule has 0 bridgehead atoms. The molecule has 0 aliphatic carbocycles. The maximum Gasteiger partial charge on any atom is 0.275 e. The number of benzene rings is 1. The Balaban J connectivity index is 1.95. The Morgan fingerprint density at radius 2 is 2.00 bits per heavy atom. The van der Waals surface area contributed by atoms with Crippen LogP contribution < -0.4 is 11.3 Å². The lowest BCUT2D eigenvalue weighted by Crippen LogP contribution is -2.29. The van der Waals surface area contributed by atoms with Crippen LogP contribution in [0.25, 0.3) is 0 Å². The van der Waals surface area contributed by atoms with Crippen LogP contribution in [0.2, 0.25) is 5.02 Å². The van der Waals surface area contributed by atoms with Crippen LogP contribution in [0.15, 0.2) is 35.7 Å². The van der Waals surface area contributed by atoms with Crippen LogP contribution in [-0.2, 0) is 11.5 Å². The molecule has 19 heavy (non-hydrogen) atoms. The number of nitrogen functional groups attached to an aromatic ring is 1. The zero-order chi connectivity index (χ0) is 13.7. The molecule has 6 heteroatoms. The first-order chi connectivity index (χ1) is 9.22. The van der Waals surface area contributed by atoms with E-state index in [4.69, 9.17) is 17.4 Å². The van der Waals surface area contributed by atoms with Crippen molar-refractivity contribution in [2.24, 2.45) is 5.84 Å². The van der Waals surface area contributed by atoms with Gasteiger partial charge in [-0.15, -0.1) is 11.3 Å². The molecule has 0 radical (unpaired) electrons. The summed E-state index contributed by atoms with van der Waals surface area (Å²) in [6, 6.07) is 9.74. The Labute approximate surface area is 125 Å². The lowest BCUT2D eigenvalue weighted by atomic mass is 10.2. The Kier molecular flexibility index (Phi) is 5.27. The van der Waals surface area contributed by atoms with Crippen LogP contribution in [-0.4, -0.2) is 5.91 Å². The minimum atomic E-state index is -0.233. The predicted octanol–water partition coefficient (Wildman–Crippen LogP) is 3.44. The third kappa shape index (κ3) is 3.73. The highest BCUT2D eigenvalue weighted by Gasteiger charge is 2.11. The summed E-state index contributed by atoms with van der Waals surface area (Å²) in [4.78, 5) is 12.2. The summed E-state index contributed by atoms with van der Waals surface area (Å²) >= 11 is 9.22. The highest BCUT2D eigenvalue weighted by Crippen LogP contribution is 2.26. The average Bonchev–Trinajstić information content (AvgIpc) is 2.88. The van der Waals surface area contributed by atoms with Gasteiger partial charge in [-0.05, 0) is 28.6 Å². The molecule has 1 heterocycles. The molecule has 1 aromatic carbocycles. The minimum absolute atomic E-state index is 0.233. The van der Waals surface area contributed by atoms with Gasteiger partial charge in [-0.1, -0.05) is 29.8 Å². The van der Waals surface area contributed by atoms with Crippen molar-refractivity contribution in [2.45, 2.75) is 11.5 Å². The Hall–Kier alpha value is -1.01. The number of carbonyl (C=O) groups is 1. The highest BCUT2D eigenvalue weighted by molar-refractivity contribution is 7.97. The van der Waals surface area contributed by atoms with Gasteiger partial charge < -0.3 is 0 Å². The second kappa shape index (κ2) is 6.96. The molecular weight excluding hydrogens is 300 g/mol. The number of carbonyl (C=O) groups excluding carboxylic acids is 1. The molecule has 2 rings (SSSR count). The van der Waals surface area contributed by atoms with Crippen LogP contribution in [0.5, 0.6) is 0 Å². The predicted molar refractivity (Wildman–Crippen MR) is 82.4 cm³/mol. The fourth-order valence-electron chi connectivity index (χ4n) is 1.60. The Morgan fingerprint density at radius 1 is 1.26 bits per heavy atom. The van der Waals surface area contributed by atoms with E-state index in [0.717, 1.165) is 27.7 Å². The quantitative estimate of drug-likeness (QED) is 0.505. The number of nitrogens with two attached hydrogens (primary N) is 1. The van der Waals surface area contributed by atoms with Gasteiger partial charge in [-0.25, -0.2) is 5.84 Å². The molecule has 0 fully saturated rings. The van der Waals surface area contributed by atoms with Crippen molar-refractivity contribution in [1.29, 1.82) is 0 Å². The van der Waals surface area contributed by atoms with Gasteiger partial charge in [-0.3, -0.25) is 10.2 Å². The van der Waals surface area contributed by atoms with Crippen molar-refractivity contribution in [2.75, 3.05) is 0 Å². The number of thioether (sulfide) groups is 1. The molecule has 1 aromatic heterocycles. The van der Waals surface area contributed by atoms with E-state index in [0.29, 0.717) is 4.88 Å². The Morgan fingerprint density at radius 3 is 2.74 bits per heavy atom. The summed E-state index contributed by atoms with van der Waals surface area (Å²) in [5.41, 5.74) is 4.28. The number of rotatable bonds is 5. The van der Waals surface area contributed by atoms with Gasteiger partial charge in [0, 0.05) is 16.5 Å². The van der Waals surface area contributed by atoms with Gasteiger partial charge >= 0.3 is 0 Å². The lowest BCUT2D eigenvalue weighted by Gasteiger charge is -2.05. The molecule has 100 valence electrons. The van der Waals surface area contributed by atoms with E-state index >= 15 is 0 Å². The SMILES string of the molecule is NNC(=O)c1sccc1CSCc1ccccc1Cl. The summed E-state index contributed by atoms with van der Waals surface area (Å²) in [7, 11) is 0. The van der Waals surface area contributed by atoms with E-state index in [1.54, 1.807) is 11.8 Å². The number of hydrazine groups is 1. The summed E-state index contributed by atoms with van der Waals surface area (Å²) < 4.78 is 0. The van der Waals surface area contributed by atoms with Gasteiger partial charge in [0.1, 0.15) is 0 Å². The van der Waals surface area contributed by atoms with E-state index in [1.165, 1.54) is 11.3 Å². The molecule has 1 amide bonds. The van der Waals surface area contributed by atoms with E-state index in [2.05, 4.69) is 5.43 Å². The molecule has 3 nitrogen and oxygen atoms in total. The number of halogens is 1. The van der Waals surface area contributed by atoms with E-state index < -0.39 is 0 Å². The van der Waals surface area contributed by atoms with Crippen LogP contribution in [0, 0.1) is 0 Å². The second-order valence-electron chi connectivity index (χ2n) is 3.83. The van der Waals surface area contributed by atoms with E-state index in [1.807, 2.05) is 35.7 Å². The number of amides is 1. The standard InChI is InChI=1S/C13H13ClN2OS2/c14-11-4-2-1-3-9(11)7-18-8-10-5-6-19-12(10)13(17)16-15/h1-6H,7-8,15H2,(H,16,17). The first-order valence-corrected chi connectivity index (χ1v) is 8.02. The maximum atomic E-state index is 11.5. The smallest absolute Gasteiger partial charge is 0.275 e. The maximum absolute atomic E-state index is 11.5. The first-order valence-electron chi connectivity index (χ1n) is 5.61. The second-order valence-corrected chi connectivity index (χ2v) is 6.14. The molecular formula is C13H13ClN2OS2. The van der Waals surface area contributed by atoms with Crippen molar-refractivity contribution >= 4 is 40.6 Å². The van der Waals surface area contributed by atoms with Crippen LogP contribution in [0.1, 0.15) is 20.8 Å². The van der Waals surface area contributed by atoms with Crippen LogP contribution >= 0.6 is 34.7 Å². The van der Waals surface area contributed by atoms with Crippen LogP contribution in [0.4, 0.5) is 0 Å². The first kappa shape index (κ1) is 14.4. The normalized spacial score (nSPS) is 10.4. The molecule has 3 N–H and O–H groups in total. The average molecular weight is 313 g/mol. The fraction of sp³-hybridized carbons (Fsp3) is 0.154. The van der Waals surface area contributed by atoms with Gasteiger partial charge in [0.15, 0.2) is 0 Å². The lowest BCUT2D eigenvalue weighted by molar-refractivity contribution is 0.0957. The monoisotopic (exact) mass is 312 g/mol. The topological polar surface area (TPSA) is 55.1 Å². The summed E-state index contributed by atoms with van der Waals surface area (Å²) in [6.07, 6.45) is 0. The fourth-order valence-corrected chi connectivity index (χ4v) is 3.83. The molecule has 0 aliphatic rings. The van der Waals surface area contributed by atoms with E-state index in [-0.39, 0.29) is 5.91 Å². The molecule has 0 saturated carbocycles. The van der Waals surface area contributed by atoms with Crippen molar-refractivity contribution in [3.63, 3.8) is 0 Å². The van der Waals surface area contributed by atoms with Crippen molar-refractivity contribution in [3.05, 3.63) is 56.7 Å². The molecule has 0 spiro atoms. The van der Waals surface area contributed by atoms with Gasteiger partial charge in [0.2, 0.25) is 0 Å². The third-order valence-electron chi connectivity index (χ3n) is 2.56. The molecule has 2 aromatic rings. The third-order valence-corrected chi connectivity index (χ3v) is 4.91. The van der Waals surface area contributed by atoms with Crippen molar-refractivity contribution in [1.82, 2.24) is 5.43 Å². The zero-order valence-corrected chi connectivity index (χ0v) is 12.4. The number of hydrogen-bond acceptors (Lipinski definition) is 4. The number of thiophene rings is 1. The minimum Gasteiger partial charge on any atom is -0.289 e. The largest absolute Gasteiger partial charge is 0.289 e. The van der Waals surface area contributed by atoms with Gasteiger partial charge in [-0.2, -0.15) is 11.8 Å². The van der Waals surface area contributed by atoms with Gasteiger partial charge in [0.05, 0.1) is 4.88 Å². The van der Waals surface area contributed by atoms with E-state index in [9.17, 15) is 4.79 Å². The molecule has 0 saturated heterocycles. The number of hydrogen-bond donors (Lipinski definition) is 2.